The van der Waals surface area contributed by atoms with Crippen LogP contribution in [0.5, 0.6) is 0 Å². The summed E-state index contributed by atoms with van der Waals surface area (Å²) in [7, 11) is 0. The van der Waals surface area contributed by atoms with E-state index in [4.69, 9.17) is 21.3 Å². The van der Waals surface area contributed by atoms with E-state index in [1.54, 1.807) is 0 Å². The summed E-state index contributed by atoms with van der Waals surface area (Å²) >= 11 is 9.96. The molecule has 29 heavy (non-hydrogen) atoms. The highest BCUT2D eigenvalue weighted by atomic mass is 127. The highest BCUT2D eigenvalue weighted by Crippen LogP contribution is 2.34. The van der Waals surface area contributed by atoms with Gasteiger partial charge in [0.05, 0.1) is 29.0 Å². The predicted molar refractivity (Wildman–Crippen MR) is 127 cm³/mol. The molecule has 1 aliphatic rings. The fourth-order valence-corrected chi connectivity index (χ4v) is 5.45. The SMILES string of the molecule is Cc1cc(Cl)cc2sc(N(CCN3CCOCC3)C(=O)c3ccccc3I)nc12. The van der Waals surface area contributed by atoms with Crippen LogP contribution in [0.1, 0.15) is 15.9 Å². The molecule has 0 bridgehead atoms. The first-order chi connectivity index (χ1) is 14.0. The number of rotatable bonds is 5. The lowest BCUT2D eigenvalue weighted by Crippen LogP contribution is -2.43. The second-order valence-electron chi connectivity index (χ2n) is 6.96. The third-order valence-electron chi connectivity index (χ3n) is 4.96. The predicted octanol–water partition coefficient (Wildman–Crippen LogP) is 4.84. The number of thiazole rings is 1. The summed E-state index contributed by atoms with van der Waals surface area (Å²) < 4.78 is 7.38. The molecule has 2 heterocycles. The van der Waals surface area contributed by atoms with E-state index >= 15 is 0 Å². The molecule has 0 unspecified atom stereocenters. The van der Waals surface area contributed by atoms with Crippen molar-refractivity contribution in [3.63, 3.8) is 0 Å². The average Bonchev–Trinajstić information content (AvgIpc) is 3.13. The summed E-state index contributed by atoms with van der Waals surface area (Å²) in [5, 5.41) is 1.40. The van der Waals surface area contributed by atoms with Crippen LogP contribution in [0.2, 0.25) is 5.02 Å². The van der Waals surface area contributed by atoms with Crippen LogP contribution in [0.25, 0.3) is 10.2 Å². The fraction of sp³-hybridized carbons (Fsp3) is 0.333. The van der Waals surface area contributed by atoms with Crippen molar-refractivity contribution in [2.24, 2.45) is 0 Å². The Morgan fingerprint density at radius 2 is 2.07 bits per heavy atom. The second kappa shape index (κ2) is 9.26. The zero-order valence-electron chi connectivity index (χ0n) is 16.0. The largest absolute Gasteiger partial charge is 0.379 e. The molecule has 0 atom stereocenters. The first-order valence-corrected chi connectivity index (χ1v) is 11.7. The molecule has 1 amide bonds. The number of ether oxygens (including phenoxy) is 1. The van der Waals surface area contributed by atoms with Gasteiger partial charge in [0.1, 0.15) is 0 Å². The van der Waals surface area contributed by atoms with Gasteiger partial charge in [-0.2, -0.15) is 0 Å². The maximum Gasteiger partial charge on any atom is 0.261 e. The van der Waals surface area contributed by atoms with E-state index in [1.807, 2.05) is 48.2 Å². The molecule has 0 radical (unpaired) electrons. The molecule has 1 fully saturated rings. The number of aryl methyl sites for hydroxylation is 1. The summed E-state index contributed by atoms with van der Waals surface area (Å²) in [6.07, 6.45) is 0. The number of carbonyl (C=O) groups excluding carboxylic acids is 1. The van der Waals surface area contributed by atoms with Crippen molar-refractivity contribution in [1.29, 1.82) is 0 Å². The molecule has 0 saturated carbocycles. The van der Waals surface area contributed by atoms with E-state index in [-0.39, 0.29) is 5.91 Å². The van der Waals surface area contributed by atoms with Crippen molar-refractivity contribution in [2.45, 2.75) is 6.92 Å². The number of halogens is 2. The van der Waals surface area contributed by atoms with Crippen molar-refractivity contribution in [3.8, 4) is 0 Å². The van der Waals surface area contributed by atoms with Gasteiger partial charge in [0.2, 0.25) is 0 Å². The number of amides is 1. The molecule has 1 saturated heterocycles. The summed E-state index contributed by atoms with van der Waals surface area (Å²) in [6, 6.07) is 11.5. The highest BCUT2D eigenvalue weighted by molar-refractivity contribution is 14.1. The lowest BCUT2D eigenvalue weighted by atomic mass is 10.2. The van der Waals surface area contributed by atoms with Crippen LogP contribution >= 0.6 is 45.5 Å². The van der Waals surface area contributed by atoms with Gasteiger partial charge in [-0.1, -0.05) is 35.1 Å². The van der Waals surface area contributed by atoms with Crippen molar-refractivity contribution in [3.05, 3.63) is 56.1 Å². The van der Waals surface area contributed by atoms with Gasteiger partial charge in [-0.25, -0.2) is 4.98 Å². The minimum Gasteiger partial charge on any atom is -0.379 e. The van der Waals surface area contributed by atoms with Gasteiger partial charge in [0.15, 0.2) is 5.13 Å². The van der Waals surface area contributed by atoms with Crippen molar-refractivity contribution in [1.82, 2.24) is 9.88 Å². The van der Waals surface area contributed by atoms with E-state index in [1.165, 1.54) is 11.3 Å². The number of hydrogen-bond donors (Lipinski definition) is 0. The zero-order valence-corrected chi connectivity index (χ0v) is 19.8. The Morgan fingerprint density at radius 3 is 2.83 bits per heavy atom. The molecule has 3 aromatic rings. The summed E-state index contributed by atoms with van der Waals surface area (Å²) in [4.78, 5) is 22.4. The number of hydrogen-bond acceptors (Lipinski definition) is 5. The number of morpholine rings is 1. The van der Waals surface area contributed by atoms with Crippen LogP contribution in [-0.2, 0) is 4.74 Å². The minimum absolute atomic E-state index is 0.0222. The van der Waals surface area contributed by atoms with Crippen LogP contribution in [0, 0.1) is 10.5 Å². The van der Waals surface area contributed by atoms with Gasteiger partial charge in [-0.15, -0.1) is 0 Å². The smallest absolute Gasteiger partial charge is 0.261 e. The maximum absolute atomic E-state index is 13.5. The number of benzene rings is 2. The lowest BCUT2D eigenvalue weighted by Gasteiger charge is -2.29. The standard InChI is InChI=1S/C21H21ClIN3O2S/c1-14-12-15(22)13-18-19(14)24-21(29-18)26(7-6-25-8-10-28-11-9-25)20(27)16-4-2-3-5-17(16)23/h2-5,12-13H,6-11H2,1H3. The van der Waals surface area contributed by atoms with E-state index in [0.717, 1.165) is 52.2 Å². The third-order valence-corrected chi connectivity index (χ3v) is 7.15. The third kappa shape index (κ3) is 4.74. The summed E-state index contributed by atoms with van der Waals surface area (Å²) in [5.41, 5.74) is 2.62. The molecule has 152 valence electrons. The molecule has 5 nitrogen and oxygen atoms in total. The van der Waals surface area contributed by atoms with Crippen LogP contribution < -0.4 is 4.90 Å². The van der Waals surface area contributed by atoms with Gasteiger partial charge in [-0.05, 0) is 59.3 Å². The zero-order chi connectivity index (χ0) is 20.4. The molecule has 8 heteroatoms. The summed E-state index contributed by atoms with van der Waals surface area (Å²) in [6.45, 7) is 6.62. The normalized spacial score (nSPS) is 15.0. The minimum atomic E-state index is -0.0222. The molecule has 1 aliphatic heterocycles. The van der Waals surface area contributed by atoms with Crippen LogP contribution in [0.15, 0.2) is 36.4 Å². The van der Waals surface area contributed by atoms with Gasteiger partial charge in [0, 0.05) is 34.8 Å². The number of aromatic nitrogens is 1. The molecular weight excluding hydrogens is 521 g/mol. The Balaban J connectivity index is 1.68. The van der Waals surface area contributed by atoms with Gasteiger partial charge in [0.25, 0.3) is 5.91 Å². The number of nitrogens with zero attached hydrogens (tertiary/aromatic N) is 3. The Bertz CT molecular complexity index is 1040. The molecule has 2 aromatic carbocycles. The monoisotopic (exact) mass is 541 g/mol. The molecule has 4 rings (SSSR count). The Hall–Kier alpha value is -1.26. The fourth-order valence-electron chi connectivity index (χ4n) is 3.39. The summed E-state index contributed by atoms with van der Waals surface area (Å²) in [5.74, 6) is -0.0222. The highest BCUT2D eigenvalue weighted by Gasteiger charge is 2.24. The molecule has 0 aliphatic carbocycles. The molecule has 1 aromatic heterocycles. The van der Waals surface area contributed by atoms with E-state index in [9.17, 15) is 4.79 Å². The van der Waals surface area contributed by atoms with E-state index in [2.05, 4.69) is 27.5 Å². The number of anilines is 1. The van der Waals surface area contributed by atoms with Crippen LogP contribution in [0.4, 0.5) is 5.13 Å². The molecule has 0 spiro atoms. The maximum atomic E-state index is 13.5. The van der Waals surface area contributed by atoms with Crippen molar-refractivity contribution >= 4 is 66.8 Å². The van der Waals surface area contributed by atoms with Crippen LogP contribution in [-0.4, -0.2) is 55.2 Å². The number of carbonyl (C=O) groups is 1. The Kier molecular flexibility index (Phi) is 6.70. The second-order valence-corrected chi connectivity index (χ2v) is 9.56. The van der Waals surface area contributed by atoms with E-state index in [0.29, 0.717) is 22.3 Å². The lowest BCUT2D eigenvalue weighted by molar-refractivity contribution is 0.0391. The topological polar surface area (TPSA) is 45.7 Å². The quantitative estimate of drug-likeness (QED) is 0.434. The van der Waals surface area contributed by atoms with Crippen molar-refractivity contribution < 1.29 is 9.53 Å². The van der Waals surface area contributed by atoms with E-state index < -0.39 is 0 Å². The van der Waals surface area contributed by atoms with Crippen molar-refractivity contribution in [2.75, 3.05) is 44.3 Å². The Morgan fingerprint density at radius 1 is 1.31 bits per heavy atom. The molecule has 0 N–H and O–H groups in total. The van der Waals surface area contributed by atoms with Gasteiger partial charge in [-0.3, -0.25) is 14.6 Å². The Labute approximate surface area is 192 Å². The van der Waals surface area contributed by atoms with Crippen LogP contribution in [0.3, 0.4) is 0 Å². The van der Waals surface area contributed by atoms with Gasteiger partial charge >= 0.3 is 0 Å². The van der Waals surface area contributed by atoms with Gasteiger partial charge < -0.3 is 4.74 Å². The molecular formula is C21H21ClIN3O2S. The first-order valence-electron chi connectivity index (χ1n) is 9.46. The average molecular weight is 542 g/mol. The number of fused-ring (bicyclic) bond motifs is 1. The first kappa shape index (κ1) is 21.0.